The molecule has 2 aromatic rings. The van der Waals surface area contributed by atoms with E-state index < -0.39 is 0 Å². The van der Waals surface area contributed by atoms with Crippen LogP contribution in [0.5, 0.6) is 5.75 Å². The number of nitrogens with zero attached hydrogens (tertiary/aromatic N) is 2. The number of carbonyl (C=O) groups is 1. The Kier molecular flexibility index (Phi) is 4.32. The molecule has 5 nitrogen and oxygen atoms in total. The van der Waals surface area contributed by atoms with E-state index in [2.05, 4.69) is 5.16 Å². The van der Waals surface area contributed by atoms with Gasteiger partial charge in [-0.3, -0.25) is 4.79 Å². The number of likely N-dealkylation sites (tertiary alicyclic amines) is 1. The molecule has 1 amide bonds. The van der Waals surface area contributed by atoms with Crippen LogP contribution in [0, 0.1) is 5.92 Å². The van der Waals surface area contributed by atoms with Crippen LogP contribution < -0.4 is 4.74 Å². The number of piperidine rings is 1. The molecule has 1 aromatic carbocycles. The Morgan fingerprint density at radius 2 is 2.18 bits per heavy atom. The third kappa shape index (κ3) is 3.08. The molecule has 0 saturated carbocycles. The maximum absolute atomic E-state index is 11.3. The second-order valence-corrected chi connectivity index (χ2v) is 5.98. The van der Waals surface area contributed by atoms with Gasteiger partial charge in [-0.05, 0) is 43.7 Å². The average molecular weight is 302 g/mol. The van der Waals surface area contributed by atoms with Crippen LogP contribution in [0.15, 0.2) is 22.7 Å². The third-order valence-corrected chi connectivity index (χ3v) is 4.60. The summed E-state index contributed by atoms with van der Waals surface area (Å²) in [7, 11) is 1.64. The van der Waals surface area contributed by atoms with E-state index in [1.54, 1.807) is 14.0 Å². The Morgan fingerprint density at radius 3 is 2.86 bits per heavy atom. The summed E-state index contributed by atoms with van der Waals surface area (Å²) in [6, 6.07) is 5.82. The number of benzene rings is 1. The molecule has 0 spiro atoms. The second-order valence-electron chi connectivity index (χ2n) is 5.98. The molecule has 0 unspecified atom stereocenters. The first-order valence-corrected chi connectivity index (χ1v) is 7.85. The van der Waals surface area contributed by atoms with E-state index in [0.29, 0.717) is 5.92 Å². The summed E-state index contributed by atoms with van der Waals surface area (Å²) in [5.41, 5.74) is 1.80. The zero-order valence-electron chi connectivity index (χ0n) is 13.2. The van der Waals surface area contributed by atoms with Crippen LogP contribution in [0.1, 0.15) is 31.9 Å². The number of ether oxygens (including phenoxy) is 1. The Bertz CT molecular complexity index is 657. The van der Waals surface area contributed by atoms with Gasteiger partial charge in [0.05, 0.1) is 12.8 Å². The number of aromatic nitrogens is 1. The molecule has 5 heteroatoms. The van der Waals surface area contributed by atoms with Crippen molar-refractivity contribution in [1.82, 2.24) is 10.1 Å². The van der Waals surface area contributed by atoms with Gasteiger partial charge >= 0.3 is 0 Å². The molecule has 0 aliphatic carbocycles. The van der Waals surface area contributed by atoms with Gasteiger partial charge in [-0.2, -0.15) is 0 Å². The summed E-state index contributed by atoms with van der Waals surface area (Å²) < 4.78 is 10.6. The van der Waals surface area contributed by atoms with Crippen molar-refractivity contribution in [2.75, 3.05) is 20.2 Å². The Hall–Kier alpha value is -2.04. The van der Waals surface area contributed by atoms with Gasteiger partial charge in [-0.15, -0.1) is 0 Å². The number of fused-ring (bicyclic) bond motifs is 1. The predicted octanol–water partition coefficient (Wildman–Crippen LogP) is 3.03. The lowest BCUT2D eigenvalue weighted by atomic mass is 9.91. The van der Waals surface area contributed by atoms with Crippen molar-refractivity contribution in [2.45, 2.75) is 32.6 Å². The third-order valence-electron chi connectivity index (χ3n) is 4.60. The van der Waals surface area contributed by atoms with Gasteiger partial charge < -0.3 is 14.2 Å². The first-order chi connectivity index (χ1) is 10.7. The molecule has 2 heterocycles. The van der Waals surface area contributed by atoms with Crippen LogP contribution in [-0.4, -0.2) is 36.2 Å². The summed E-state index contributed by atoms with van der Waals surface area (Å²) >= 11 is 0. The highest BCUT2D eigenvalue weighted by Gasteiger charge is 2.21. The zero-order valence-corrected chi connectivity index (χ0v) is 13.2. The fourth-order valence-electron chi connectivity index (χ4n) is 3.15. The van der Waals surface area contributed by atoms with Crippen molar-refractivity contribution in [3.8, 4) is 5.75 Å². The monoisotopic (exact) mass is 302 g/mol. The van der Waals surface area contributed by atoms with Crippen LogP contribution in [0.3, 0.4) is 0 Å². The number of aryl methyl sites for hydroxylation is 1. The molecule has 0 atom stereocenters. The largest absolute Gasteiger partial charge is 0.497 e. The van der Waals surface area contributed by atoms with Crippen LogP contribution >= 0.6 is 0 Å². The van der Waals surface area contributed by atoms with E-state index >= 15 is 0 Å². The Labute approximate surface area is 130 Å². The van der Waals surface area contributed by atoms with E-state index in [1.807, 2.05) is 23.1 Å². The number of hydrogen-bond donors (Lipinski definition) is 0. The number of rotatable bonds is 4. The van der Waals surface area contributed by atoms with Crippen molar-refractivity contribution in [3.05, 3.63) is 23.9 Å². The molecule has 118 valence electrons. The number of hydrogen-bond acceptors (Lipinski definition) is 4. The maximum Gasteiger partial charge on any atom is 0.219 e. The van der Waals surface area contributed by atoms with Crippen LogP contribution in [-0.2, 0) is 11.2 Å². The van der Waals surface area contributed by atoms with E-state index in [-0.39, 0.29) is 5.91 Å². The lowest BCUT2D eigenvalue weighted by molar-refractivity contribution is -0.130. The molecule has 0 bridgehead atoms. The topological polar surface area (TPSA) is 55.6 Å². The minimum Gasteiger partial charge on any atom is -0.497 e. The van der Waals surface area contributed by atoms with Crippen LogP contribution in [0.4, 0.5) is 0 Å². The highest BCUT2D eigenvalue weighted by molar-refractivity contribution is 5.80. The van der Waals surface area contributed by atoms with E-state index in [9.17, 15) is 4.79 Å². The fourth-order valence-corrected chi connectivity index (χ4v) is 3.15. The molecule has 22 heavy (non-hydrogen) atoms. The smallest absolute Gasteiger partial charge is 0.219 e. The lowest BCUT2D eigenvalue weighted by Gasteiger charge is -2.31. The van der Waals surface area contributed by atoms with E-state index in [0.717, 1.165) is 61.2 Å². The number of methoxy groups -OCH3 is 1. The molecule has 0 N–H and O–H groups in total. The lowest BCUT2D eigenvalue weighted by Crippen LogP contribution is -2.37. The van der Waals surface area contributed by atoms with Gasteiger partial charge in [0.1, 0.15) is 5.75 Å². The maximum atomic E-state index is 11.3. The summed E-state index contributed by atoms with van der Waals surface area (Å²) in [6.45, 7) is 3.42. The summed E-state index contributed by atoms with van der Waals surface area (Å²) in [5, 5.41) is 5.27. The summed E-state index contributed by atoms with van der Waals surface area (Å²) in [6.07, 6.45) is 4.19. The highest BCUT2D eigenvalue weighted by Crippen LogP contribution is 2.27. The zero-order chi connectivity index (χ0) is 15.5. The molecular formula is C17H22N2O3. The standard InChI is InChI=1S/C17H22N2O3/c1-12(20)19-9-7-13(8-10-19)3-6-16-15-5-4-14(21-2)11-17(15)22-18-16/h4-5,11,13H,3,6-10H2,1-2H3. The predicted molar refractivity (Wildman–Crippen MR) is 83.9 cm³/mol. The van der Waals surface area contributed by atoms with Crippen molar-refractivity contribution < 1.29 is 14.1 Å². The molecule has 0 radical (unpaired) electrons. The van der Waals surface area contributed by atoms with Gasteiger partial charge in [0, 0.05) is 31.5 Å². The van der Waals surface area contributed by atoms with Gasteiger partial charge in [-0.25, -0.2) is 0 Å². The quantitative estimate of drug-likeness (QED) is 0.871. The average Bonchev–Trinajstić information content (AvgIpc) is 2.95. The van der Waals surface area contributed by atoms with E-state index in [1.165, 1.54) is 0 Å². The molecular weight excluding hydrogens is 280 g/mol. The Balaban J connectivity index is 1.59. The SMILES string of the molecule is COc1ccc2c(CCC3CCN(C(C)=O)CC3)noc2c1. The molecule has 1 aromatic heterocycles. The molecule has 3 rings (SSSR count). The molecule has 1 aliphatic heterocycles. The second kappa shape index (κ2) is 6.38. The molecule has 1 aliphatic rings. The summed E-state index contributed by atoms with van der Waals surface area (Å²) in [4.78, 5) is 13.3. The Morgan fingerprint density at radius 1 is 1.41 bits per heavy atom. The first kappa shape index (κ1) is 14.9. The number of carbonyl (C=O) groups excluding carboxylic acids is 1. The normalized spacial score (nSPS) is 16.2. The van der Waals surface area contributed by atoms with Crippen molar-refractivity contribution in [3.63, 3.8) is 0 Å². The van der Waals surface area contributed by atoms with Crippen molar-refractivity contribution in [2.24, 2.45) is 5.92 Å². The highest BCUT2D eigenvalue weighted by atomic mass is 16.5. The van der Waals surface area contributed by atoms with Gasteiger partial charge in [0.25, 0.3) is 0 Å². The fraction of sp³-hybridized carbons (Fsp3) is 0.529. The van der Waals surface area contributed by atoms with Crippen LogP contribution in [0.2, 0.25) is 0 Å². The summed E-state index contributed by atoms with van der Waals surface area (Å²) in [5.74, 6) is 1.64. The molecule has 1 fully saturated rings. The van der Waals surface area contributed by atoms with E-state index in [4.69, 9.17) is 9.26 Å². The molecule has 1 saturated heterocycles. The van der Waals surface area contributed by atoms with Gasteiger partial charge in [0.2, 0.25) is 5.91 Å². The van der Waals surface area contributed by atoms with Gasteiger partial charge in [-0.1, -0.05) is 5.16 Å². The first-order valence-electron chi connectivity index (χ1n) is 7.85. The van der Waals surface area contributed by atoms with Gasteiger partial charge in [0.15, 0.2) is 5.58 Å². The van der Waals surface area contributed by atoms with Crippen molar-refractivity contribution in [1.29, 1.82) is 0 Å². The minimum absolute atomic E-state index is 0.190. The van der Waals surface area contributed by atoms with Crippen molar-refractivity contribution >= 4 is 16.9 Å². The van der Waals surface area contributed by atoms with Crippen LogP contribution in [0.25, 0.3) is 11.0 Å². The number of amides is 1. The minimum atomic E-state index is 0.190.